The third-order valence-corrected chi connectivity index (χ3v) is 4.39. The number of hydrogen-bond acceptors (Lipinski definition) is 7. The highest BCUT2D eigenvalue weighted by Crippen LogP contribution is 2.34. The number of pyridine rings is 2. The van der Waals surface area contributed by atoms with Gasteiger partial charge in [0.25, 0.3) is 5.91 Å². The Morgan fingerprint density at radius 1 is 1.28 bits per heavy atom. The molecular formula is C15H12BrN5O3S. The lowest BCUT2D eigenvalue weighted by Crippen LogP contribution is -2.14. The lowest BCUT2D eigenvalue weighted by molar-refractivity contribution is 0.102. The first kappa shape index (κ1) is 17.2. The summed E-state index contributed by atoms with van der Waals surface area (Å²) in [7, 11) is 1.53. The molecule has 0 saturated heterocycles. The Labute approximate surface area is 154 Å². The summed E-state index contributed by atoms with van der Waals surface area (Å²) in [6.07, 6.45) is 3.04. The Morgan fingerprint density at radius 2 is 2.08 bits per heavy atom. The van der Waals surface area contributed by atoms with E-state index in [4.69, 9.17) is 4.74 Å². The van der Waals surface area contributed by atoms with Crippen molar-refractivity contribution in [2.24, 2.45) is 0 Å². The van der Waals surface area contributed by atoms with E-state index in [0.717, 1.165) is 17.0 Å². The molecule has 25 heavy (non-hydrogen) atoms. The molecule has 0 bridgehead atoms. The number of rotatable bonds is 4. The highest BCUT2D eigenvalue weighted by molar-refractivity contribution is 9.10. The number of amides is 1. The maximum atomic E-state index is 12.6. The number of methoxy groups -OCH3 is 1. The van der Waals surface area contributed by atoms with Gasteiger partial charge in [0.1, 0.15) is 10.4 Å². The number of aromatic amines is 1. The molecule has 0 aliphatic carbocycles. The molecule has 3 heterocycles. The molecule has 0 aromatic carbocycles. The first-order valence-electron chi connectivity index (χ1n) is 7.01. The van der Waals surface area contributed by atoms with Crippen molar-refractivity contribution in [3.63, 3.8) is 0 Å². The molecule has 1 amide bonds. The molecule has 0 unspecified atom stereocenters. The van der Waals surface area contributed by atoms with Gasteiger partial charge in [0.15, 0.2) is 0 Å². The van der Waals surface area contributed by atoms with Crippen LogP contribution in [0.3, 0.4) is 0 Å². The van der Waals surface area contributed by atoms with Crippen LogP contribution in [0.25, 0.3) is 11.1 Å². The molecule has 0 radical (unpaired) electrons. The van der Waals surface area contributed by atoms with Crippen LogP contribution in [0.5, 0.6) is 5.75 Å². The van der Waals surface area contributed by atoms with Gasteiger partial charge < -0.3 is 4.74 Å². The van der Waals surface area contributed by atoms with Crippen molar-refractivity contribution in [1.82, 2.24) is 20.2 Å². The van der Waals surface area contributed by atoms with Gasteiger partial charge in [-0.05, 0) is 46.3 Å². The molecule has 0 saturated carbocycles. The van der Waals surface area contributed by atoms with Crippen LogP contribution in [0, 0.1) is 6.92 Å². The second-order valence-electron chi connectivity index (χ2n) is 4.95. The molecule has 3 rings (SSSR count). The first-order valence-corrected chi connectivity index (χ1v) is 8.62. The minimum atomic E-state index is -0.430. The normalized spacial score (nSPS) is 10.5. The van der Waals surface area contributed by atoms with Gasteiger partial charge >= 0.3 is 4.87 Å². The number of nitrogens with zero attached hydrogens (tertiary/aromatic N) is 3. The Bertz CT molecular complexity index is 1000. The Balaban J connectivity index is 2.08. The molecule has 0 fully saturated rings. The summed E-state index contributed by atoms with van der Waals surface area (Å²) < 4.78 is 5.97. The van der Waals surface area contributed by atoms with Crippen LogP contribution in [0.2, 0.25) is 0 Å². The van der Waals surface area contributed by atoms with Gasteiger partial charge in [-0.15, -0.1) is 5.10 Å². The van der Waals surface area contributed by atoms with E-state index in [9.17, 15) is 9.59 Å². The second kappa shape index (κ2) is 7.11. The molecule has 0 aliphatic rings. The summed E-state index contributed by atoms with van der Waals surface area (Å²) in [5.74, 6) is 0.0903. The van der Waals surface area contributed by atoms with E-state index in [2.05, 4.69) is 41.4 Å². The maximum Gasteiger partial charge on any atom is 0.324 e. The number of H-pyrrole nitrogens is 1. The highest BCUT2D eigenvalue weighted by atomic mass is 79.9. The molecule has 128 valence electrons. The number of halogens is 1. The SMILES string of the molecule is COc1cnc(Br)cc1-c1cc(C)ncc1C(=O)Nc1n[nH]c(=O)s1. The topological polar surface area (TPSA) is 110 Å². The number of aryl methyl sites for hydroxylation is 1. The predicted octanol–water partition coefficient (Wildman–Crippen LogP) is 2.62. The van der Waals surface area contributed by atoms with Gasteiger partial charge in [-0.2, -0.15) is 0 Å². The van der Waals surface area contributed by atoms with Gasteiger partial charge in [0.05, 0.1) is 18.9 Å². The summed E-state index contributed by atoms with van der Waals surface area (Å²) in [5.41, 5.74) is 2.39. The summed E-state index contributed by atoms with van der Waals surface area (Å²) >= 11 is 4.14. The monoisotopic (exact) mass is 421 g/mol. The predicted molar refractivity (Wildman–Crippen MR) is 97.1 cm³/mol. The average Bonchev–Trinajstić information content (AvgIpc) is 2.99. The van der Waals surface area contributed by atoms with Crippen molar-refractivity contribution in [1.29, 1.82) is 0 Å². The smallest absolute Gasteiger partial charge is 0.324 e. The zero-order chi connectivity index (χ0) is 18.0. The number of nitrogens with one attached hydrogen (secondary N) is 2. The lowest BCUT2D eigenvalue weighted by atomic mass is 10.0. The van der Waals surface area contributed by atoms with Gasteiger partial charge in [-0.25, -0.2) is 10.1 Å². The fourth-order valence-electron chi connectivity index (χ4n) is 2.20. The van der Waals surface area contributed by atoms with Crippen LogP contribution in [0.4, 0.5) is 5.13 Å². The fraction of sp³-hybridized carbons (Fsp3) is 0.133. The molecule has 3 aromatic heterocycles. The summed E-state index contributed by atoms with van der Waals surface area (Å²) in [6.45, 7) is 1.83. The van der Waals surface area contributed by atoms with Crippen LogP contribution in [-0.2, 0) is 0 Å². The highest BCUT2D eigenvalue weighted by Gasteiger charge is 2.19. The van der Waals surface area contributed by atoms with Crippen molar-refractivity contribution >= 4 is 38.3 Å². The second-order valence-corrected chi connectivity index (χ2v) is 6.73. The van der Waals surface area contributed by atoms with Gasteiger partial charge in [-0.3, -0.25) is 19.9 Å². The van der Waals surface area contributed by atoms with Crippen molar-refractivity contribution in [3.8, 4) is 16.9 Å². The Morgan fingerprint density at radius 3 is 2.76 bits per heavy atom. The number of carbonyl (C=O) groups excluding carboxylic acids is 1. The van der Waals surface area contributed by atoms with Crippen molar-refractivity contribution < 1.29 is 9.53 Å². The molecule has 3 aromatic rings. The third-order valence-electron chi connectivity index (χ3n) is 3.29. The third kappa shape index (κ3) is 3.74. The number of hydrogen-bond donors (Lipinski definition) is 2. The minimum absolute atomic E-state index is 0.185. The van der Waals surface area contributed by atoms with Crippen molar-refractivity contribution in [2.75, 3.05) is 12.4 Å². The number of aromatic nitrogens is 4. The van der Waals surface area contributed by atoms with Crippen LogP contribution >= 0.6 is 27.3 Å². The zero-order valence-corrected chi connectivity index (χ0v) is 15.6. The van der Waals surface area contributed by atoms with Crippen LogP contribution in [0.1, 0.15) is 16.1 Å². The van der Waals surface area contributed by atoms with E-state index in [1.54, 1.807) is 18.3 Å². The minimum Gasteiger partial charge on any atom is -0.494 e. The van der Waals surface area contributed by atoms with Crippen molar-refractivity contribution in [3.05, 3.63) is 50.1 Å². The molecule has 0 aliphatic heterocycles. The van der Waals surface area contributed by atoms with Crippen molar-refractivity contribution in [2.45, 2.75) is 6.92 Å². The average molecular weight is 422 g/mol. The van der Waals surface area contributed by atoms with E-state index in [1.807, 2.05) is 6.92 Å². The van der Waals surface area contributed by atoms with E-state index in [0.29, 0.717) is 27.0 Å². The van der Waals surface area contributed by atoms with Gasteiger partial charge in [-0.1, -0.05) is 0 Å². The zero-order valence-electron chi connectivity index (χ0n) is 13.2. The van der Waals surface area contributed by atoms with Gasteiger partial charge in [0.2, 0.25) is 5.13 Å². The summed E-state index contributed by atoms with van der Waals surface area (Å²) in [6, 6.07) is 3.55. The quantitative estimate of drug-likeness (QED) is 0.626. The van der Waals surface area contributed by atoms with E-state index in [1.165, 1.54) is 13.3 Å². The number of carbonyl (C=O) groups is 1. The Hall–Kier alpha value is -2.59. The summed E-state index contributed by atoms with van der Waals surface area (Å²) in [5, 5.41) is 8.76. The van der Waals surface area contributed by atoms with E-state index < -0.39 is 5.91 Å². The largest absolute Gasteiger partial charge is 0.494 e. The molecule has 8 nitrogen and oxygen atoms in total. The molecule has 0 atom stereocenters. The summed E-state index contributed by atoms with van der Waals surface area (Å²) in [4.78, 5) is 31.8. The fourth-order valence-corrected chi connectivity index (χ4v) is 3.04. The molecule has 10 heteroatoms. The maximum absolute atomic E-state index is 12.6. The van der Waals surface area contributed by atoms with E-state index >= 15 is 0 Å². The van der Waals surface area contributed by atoms with Crippen LogP contribution in [0.15, 0.2) is 33.9 Å². The molecular weight excluding hydrogens is 410 g/mol. The molecule has 0 spiro atoms. The lowest BCUT2D eigenvalue weighted by Gasteiger charge is -2.13. The number of anilines is 1. The first-order chi connectivity index (χ1) is 12.0. The number of ether oxygens (including phenoxy) is 1. The van der Waals surface area contributed by atoms with Crippen LogP contribution in [-0.4, -0.2) is 33.2 Å². The van der Waals surface area contributed by atoms with Gasteiger partial charge in [0, 0.05) is 23.0 Å². The Kier molecular flexibility index (Phi) is 4.91. The van der Waals surface area contributed by atoms with E-state index in [-0.39, 0.29) is 10.0 Å². The van der Waals surface area contributed by atoms with Crippen LogP contribution < -0.4 is 14.9 Å². The molecule has 2 N–H and O–H groups in total. The standard InChI is InChI=1S/C15H12BrN5O3S/c1-7-3-8(9-4-12(16)18-6-11(9)24-2)10(5-17-7)13(22)19-14-20-21-15(23)25-14/h3-6H,1-2H3,(H,21,23)(H,19,20,22).